The van der Waals surface area contributed by atoms with Crippen molar-refractivity contribution in [3.63, 3.8) is 0 Å². The Kier molecular flexibility index (Phi) is 6.25. The van der Waals surface area contributed by atoms with Crippen LogP contribution < -0.4 is 5.32 Å². The van der Waals surface area contributed by atoms with Crippen LogP contribution in [0.1, 0.15) is 5.69 Å². The van der Waals surface area contributed by atoms with Gasteiger partial charge in [0.2, 0.25) is 0 Å². The second-order valence-corrected chi connectivity index (χ2v) is 6.78. The molecular formula is C18H15AcN6OS-. The number of phenolic OH excluding ortho intramolecular Hbond substituents is 1. The molecule has 0 amide bonds. The van der Waals surface area contributed by atoms with Crippen LogP contribution in [0.15, 0.2) is 58.6 Å². The molecule has 0 unspecified atom stereocenters. The smallest absolute Gasteiger partial charge is 0.195 e. The minimum atomic E-state index is 0. The van der Waals surface area contributed by atoms with Crippen LogP contribution in [0.25, 0.3) is 16.6 Å². The Labute approximate surface area is 195 Å². The molecule has 4 rings (SSSR count). The van der Waals surface area contributed by atoms with Crippen molar-refractivity contribution in [1.82, 2.24) is 20.2 Å². The van der Waals surface area contributed by atoms with Gasteiger partial charge in [-0.1, -0.05) is 12.1 Å². The van der Waals surface area contributed by atoms with E-state index in [1.54, 1.807) is 30.3 Å². The maximum Gasteiger partial charge on any atom is 0.195 e. The van der Waals surface area contributed by atoms with Gasteiger partial charge >= 0.3 is 0 Å². The van der Waals surface area contributed by atoms with Crippen molar-refractivity contribution in [2.24, 2.45) is 0 Å². The maximum atomic E-state index is 9.80. The number of aryl methyl sites for hydroxylation is 1. The molecule has 4 N–H and O–H groups in total. The van der Waals surface area contributed by atoms with Gasteiger partial charge in [0.05, 0.1) is 5.52 Å². The number of rotatable bonds is 4. The van der Waals surface area contributed by atoms with Gasteiger partial charge in [-0.2, -0.15) is 5.10 Å². The van der Waals surface area contributed by atoms with Crippen LogP contribution in [0.3, 0.4) is 0 Å². The summed E-state index contributed by atoms with van der Waals surface area (Å²) in [6, 6.07) is 14.0. The molecule has 4 aromatic rings. The molecule has 0 aliphatic heterocycles. The molecule has 2 heterocycles. The third-order valence-corrected chi connectivity index (χ3v) is 4.55. The zero-order valence-electron chi connectivity index (χ0n) is 14.4. The van der Waals surface area contributed by atoms with Gasteiger partial charge in [0.1, 0.15) is 11.6 Å². The Morgan fingerprint density at radius 1 is 1.07 bits per heavy atom. The largest absolute Gasteiger partial charge is 0.699 e. The van der Waals surface area contributed by atoms with Crippen molar-refractivity contribution in [3.05, 3.63) is 60.0 Å². The SMILES string of the molecule is Cc1cc(Nc2nc(Sc3ccc([NH-])cc3)nc3cc(O)ccc23)n[nH]1.[Ac]. The van der Waals surface area contributed by atoms with Gasteiger partial charge < -0.3 is 16.2 Å². The number of H-pyrrole nitrogens is 1. The minimum Gasteiger partial charge on any atom is -0.699 e. The van der Waals surface area contributed by atoms with E-state index in [9.17, 15) is 5.11 Å². The van der Waals surface area contributed by atoms with Gasteiger partial charge in [0.25, 0.3) is 0 Å². The number of nitrogens with one attached hydrogen (secondary N) is 3. The van der Waals surface area contributed by atoms with Gasteiger partial charge in [0.15, 0.2) is 11.0 Å². The first-order chi connectivity index (χ1) is 12.6. The molecule has 0 saturated carbocycles. The molecule has 2 aromatic heterocycles. The van der Waals surface area contributed by atoms with E-state index < -0.39 is 0 Å². The summed E-state index contributed by atoms with van der Waals surface area (Å²) in [4.78, 5) is 10.1. The topological polar surface area (TPSA) is 111 Å². The van der Waals surface area contributed by atoms with E-state index in [1.807, 2.05) is 25.1 Å². The second-order valence-electron chi connectivity index (χ2n) is 5.74. The molecule has 2 aromatic carbocycles. The molecule has 0 aliphatic carbocycles. The van der Waals surface area contributed by atoms with Crippen LogP contribution in [-0.4, -0.2) is 25.3 Å². The molecule has 27 heavy (non-hydrogen) atoms. The Hall–Kier alpha value is -1.82. The van der Waals surface area contributed by atoms with E-state index in [0.717, 1.165) is 16.0 Å². The number of benzene rings is 2. The van der Waals surface area contributed by atoms with E-state index >= 15 is 0 Å². The predicted octanol–water partition coefficient (Wildman–Crippen LogP) is 4.95. The van der Waals surface area contributed by atoms with Gasteiger partial charge in [-0.05, 0) is 43.0 Å². The standard InChI is InChI=1S/C18H15N6OS.Ac/c1-10-8-16(24-23-10)21-17-14-7-4-12(25)9-15(14)20-18(22-17)26-13-5-2-11(19)3-6-13;/h2-9,19H,1H3,(H3,20,21,22,23,24,25);/q-1;. The van der Waals surface area contributed by atoms with Gasteiger partial charge in [-0.15, -0.1) is 5.69 Å². The molecule has 0 bridgehead atoms. The molecule has 7 nitrogen and oxygen atoms in total. The van der Waals surface area contributed by atoms with Crippen LogP contribution in [0, 0.1) is 51.0 Å². The summed E-state index contributed by atoms with van der Waals surface area (Å²) in [5, 5.41) is 21.4. The van der Waals surface area contributed by atoms with Gasteiger partial charge in [-0.25, -0.2) is 9.97 Å². The number of phenols is 1. The number of aromatic hydroxyl groups is 1. The number of hydrogen-bond donors (Lipinski definition) is 3. The second kappa shape index (κ2) is 8.46. The summed E-state index contributed by atoms with van der Waals surface area (Å²) in [6.07, 6.45) is 0. The minimum absolute atomic E-state index is 0. The zero-order chi connectivity index (χ0) is 18.1. The summed E-state index contributed by atoms with van der Waals surface area (Å²) >= 11 is 1.39. The molecule has 133 valence electrons. The number of aromatic nitrogens is 4. The Morgan fingerprint density at radius 3 is 2.56 bits per heavy atom. The first-order valence-corrected chi connectivity index (χ1v) is 8.68. The summed E-state index contributed by atoms with van der Waals surface area (Å²) < 4.78 is 0. The Morgan fingerprint density at radius 2 is 1.85 bits per heavy atom. The maximum absolute atomic E-state index is 9.80. The zero-order valence-corrected chi connectivity index (χ0v) is 20.0. The fraction of sp³-hybridized carbons (Fsp3) is 0.0556. The van der Waals surface area contributed by atoms with Crippen molar-refractivity contribution >= 4 is 40.0 Å². The predicted molar refractivity (Wildman–Crippen MR) is 102 cm³/mol. The van der Waals surface area contributed by atoms with Crippen LogP contribution in [-0.2, 0) is 0 Å². The molecule has 9 heteroatoms. The van der Waals surface area contributed by atoms with E-state index in [2.05, 4.69) is 25.5 Å². The van der Waals surface area contributed by atoms with E-state index in [4.69, 9.17) is 5.73 Å². The van der Waals surface area contributed by atoms with Crippen molar-refractivity contribution in [2.45, 2.75) is 17.0 Å². The molecular weight excluding hydrogens is 575 g/mol. The van der Waals surface area contributed by atoms with Crippen LogP contribution in [0.4, 0.5) is 17.3 Å². The summed E-state index contributed by atoms with van der Waals surface area (Å²) in [7, 11) is 0. The molecule has 0 atom stereocenters. The summed E-state index contributed by atoms with van der Waals surface area (Å²) in [6.45, 7) is 1.92. The fourth-order valence-electron chi connectivity index (χ4n) is 2.47. The molecule has 0 fully saturated rings. The molecule has 1 radical (unpaired) electrons. The van der Waals surface area contributed by atoms with Crippen molar-refractivity contribution < 1.29 is 49.2 Å². The van der Waals surface area contributed by atoms with E-state index in [1.165, 1.54) is 11.8 Å². The van der Waals surface area contributed by atoms with Crippen molar-refractivity contribution in [3.8, 4) is 5.75 Å². The number of nitrogens with zero attached hydrogens (tertiary/aromatic N) is 3. The monoisotopic (exact) mass is 590 g/mol. The van der Waals surface area contributed by atoms with Crippen LogP contribution >= 0.6 is 11.8 Å². The quantitative estimate of drug-likeness (QED) is 0.291. The first-order valence-electron chi connectivity index (χ1n) is 7.86. The summed E-state index contributed by atoms with van der Waals surface area (Å²) in [5.74, 6) is 1.42. The van der Waals surface area contributed by atoms with Crippen LogP contribution in [0.2, 0.25) is 0 Å². The number of anilines is 2. The van der Waals surface area contributed by atoms with Gasteiger partial charge in [0, 0.05) is 72.2 Å². The van der Waals surface area contributed by atoms with Crippen LogP contribution in [0.5, 0.6) is 5.75 Å². The van der Waals surface area contributed by atoms with E-state index in [0.29, 0.717) is 28.0 Å². The summed E-state index contributed by atoms with van der Waals surface area (Å²) in [5.41, 5.74) is 9.60. The third-order valence-electron chi connectivity index (χ3n) is 3.68. The number of hydrogen-bond acceptors (Lipinski definition) is 6. The number of aromatic amines is 1. The van der Waals surface area contributed by atoms with E-state index in [-0.39, 0.29) is 49.8 Å². The Bertz CT molecular complexity index is 1080. The fourth-order valence-corrected chi connectivity index (χ4v) is 3.23. The van der Waals surface area contributed by atoms with Gasteiger partial charge in [-0.3, -0.25) is 5.10 Å². The average Bonchev–Trinajstić information content (AvgIpc) is 3.01. The normalized spacial score (nSPS) is 10.6. The first kappa shape index (κ1) is 19.9. The molecule has 0 aliphatic rings. The third kappa shape index (κ3) is 4.72. The van der Waals surface area contributed by atoms with Crippen molar-refractivity contribution in [2.75, 3.05) is 5.32 Å². The Balaban J connectivity index is 0.00000210. The average molecular weight is 590 g/mol. The number of fused-ring (bicyclic) bond motifs is 1. The van der Waals surface area contributed by atoms with Crippen molar-refractivity contribution in [1.29, 1.82) is 0 Å². The molecule has 0 spiro atoms. The molecule has 0 saturated heterocycles.